The molecule has 3 aromatic rings. The number of hydrogen-bond acceptors (Lipinski definition) is 5. The summed E-state index contributed by atoms with van der Waals surface area (Å²) in [7, 11) is 1.55. The first-order chi connectivity index (χ1) is 14.6. The van der Waals surface area contributed by atoms with Crippen molar-refractivity contribution in [3.63, 3.8) is 0 Å². The summed E-state index contributed by atoms with van der Waals surface area (Å²) in [5.74, 6) is 0.0907. The summed E-state index contributed by atoms with van der Waals surface area (Å²) in [5.41, 5.74) is 1.88. The summed E-state index contributed by atoms with van der Waals surface area (Å²) < 4.78 is 10.6. The Hall–Kier alpha value is -3.25. The standard InChI is InChI=1S/C24H26N2O4/c1-17-15-19(12-8-11-18-9-4-3-5-10-18)30-24(28)22(17)23(27)26-21(16-29-2)20-13-6-7-14-25-20/h3-7,9-10,13-15,21H,8,11-12,16H2,1-2H3,(H,26,27). The maximum Gasteiger partial charge on any atom is 0.349 e. The van der Waals surface area contributed by atoms with Crippen LogP contribution >= 0.6 is 0 Å². The molecule has 2 aromatic heterocycles. The Morgan fingerprint density at radius 2 is 1.90 bits per heavy atom. The van der Waals surface area contributed by atoms with E-state index in [2.05, 4.69) is 22.4 Å². The maximum absolute atomic E-state index is 12.8. The third-order valence-corrected chi connectivity index (χ3v) is 4.84. The number of methoxy groups -OCH3 is 1. The first-order valence-corrected chi connectivity index (χ1v) is 9.96. The van der Waals surface area contributed by atoms with Crippen molar-refractivity contribution in [3.05, 3.63) is 99.4 Å². The third-order valence-electron chi connectivity index (χ3n) is 4.84. The number of hydrogen-bond donors (Lipinski definition) is 1. The molecule has 0 saturated heterocycles. The van der Waals surface area contributed by atoms with E-state index in [9.17, 15) is 9.59 Å². The Labute approximate surface area is 175 Å². The van der Waals surface area contributed by atoms with Gasteiger partial charge in [-0.25, -0.2) is 4.79 Å². The Morgan fingerprint density at radius 1 is 1.13 bits per heavy atom. The van der Waals surface area contributed by atoms with Crippen molar-refractivity contribution >= 4 is 5.91 Å². The number of amides is 1. The normalized spacial score (nSPS) is 11.8. The van der Waals surface area contributed by atoms with Crippen LogP contribution < -0.4 is 10.9 Å². The van der Waals surface area contributed by atoms with Crippen LogP contribution in [0.5, 0.6) is 0 Å². The maximum atomic E-state index is 12.8. The Morgan fingerprint density at radius 3 is 2.57 bits per heavy atom. The van der Waals surface area contributed by atoms with Gasteiger partial charge in [0.25, 0.3) is 5.91 Å². The highest BCUT2D eigenvalue weighted by Gasteiger charge is 2.22. The van der Waals surface area contributed by atoms with Crippen molar-refractivity contribution in [3.8, 4) is 0 Å². The summed E-state index contributed by atoms with van der Waals surface area (Å²) in [4.78, 5) is 29.6. The Bertz CT molecular complexity index is 1020. The highest BCUT2D eigenvalue weighted by molar-refractivity contribution is 5.95. The number of rotatable bonds is 9. The van der Waals surface area contributed by atoms with Gasteiger partial charge in [0.2, 0.25) is 0 Å². The van der Waals surface area contributed by atoms with Gasteiger partial charge in [0.05, 0.1) is 18.3 Å². The van der Waals surface area contributed by atoms with Crippen LogP contribution in [0.3, 0.4) is 0 Å². The highest BCUT2D eigenvalue weighted by atomic mass is 16.5. The topological polar surface area (TPSA) is 81.4 Å². The predicted octanol–water partition coefficient (Wildman–Crippen LogP) is 3.64. The van der Waals surface area contributed by atoms with Crippen molar-refractivity contribution < 1.29 is 13.9 Å². The quantitative estimate of drug-likeness (QED) is 0.587. The average Bonchev–Trinajstić information content (AvgIpc) is 2.74. The molecule has 6 heteroatoms. The van der Waals surface area contributed by atoms with Gasteiger partial charge in [-0.1, -0.05) is 36.4 Å². The van der Waals surface area contributed by atoms with Crippen molar-refractivity contribution in [2.24, 2.45) is 0 Å². The number of aryl methyl sites for hydroxylation is 3. The lowest BCUT2D eigenvalue weighted by atomic mass is 10.1. The zero-order valence-electron chi connectivity index (χ0n) is 17.3. The molecule has 3 rings (SSSR count). The van der Waals surface area contributed by atoms with E-state index in [1.165, 1.54) is 5.56 Å². The van der Waals surface area contributed by atoms with Crippen LogP contribution in [0.2, 0.25) is 0 Å². The van der Waals surface area contributed by atoms with E-state index in [-0.39, 0.29) is 12.2 Å². The monoisotopic (exact) mass is 406 g/mol. The molecule has 6 nitrogen and oxygen atoms in total. The zero-order valence-corrected chi connectivity index (χ0v) is 17.3. The van der Waals surface area contributed by atoms with Crippen LogP contribution in [-0.4, -0.2) is 24.6 Å². The van der Waals surface area contributed by atoms with Gasteiger partial charge in [-0.2, -0.15) is 0 Å². The van der Waals surface area contributed by atoms with Gasteiger partial charge in [0.15, 0.2) is 0 Å². The SMILES string of the molecule is COCC(NC(=O)c1c(C)cc(CCCc2ccccc2)oc1=O)c1ccccn1. The lowest BCUT2D eigenvalue weighted by molar-refractivity contribution is 0.0889. The molecule has 1 aromatic carbocycles. The summed E-state index contributed by atoms with van der Waals surface area (Å²) in [6.45, 7) is 1.99. The number of carbonyl (C=O) groups is 1. The fourth-order valence-electron chi connectivity index (χ4n) is 3.36. The second-order valence-electron chi connectivity index (χ2n) is 7.13. The minimum Gasteiger partial charge on any atom is -0.427 e. The number of benzene rings is 1. The second-order valence-corrected chi connectivity index (χ2v) is 7.13. The van der Waals surface area contributed by atoms with E-state index in [1.54, 1.807) is 38.4 Å². The molecule has 156 valence electrons. The van der Waals surface area contributed by atoms with E-state index in [1.807, 2.05) is 24.3 Å². The van der Waals surface area contributed by atoms with Gasteiger partial charge in [-0.3, -0.25) is 9.78 Å². The van der Waals surface area contributed by atoms with Crippen molar-refractivity contribution in [1.29, 1.82) is 0 Å². The number of aromatic nitrogens is 1. The fraction of sp³-hybridized carbons (Fsp3) is 0.292. The molecular formula is C24H26N2O4. The minimum atomic E-state index is -0.626. The van der Waals surface area contributed by atoms with Crippen LogP contribution in [0.1, 0.15) is 45.4 Å². The molecule has 30 heavy (non-hydrogen) atoms. The van der Waals surface area contributed by atoms with Gasteiger partial charge in [-0.15, -0.1) is 0 Å². The Kier molecular flexibility index (Phi) is 7.51. The van der Waals surface area contributed by atoms with Crippen LogP contribution in [0, 0.1) is 6.92 Å². The Balaban J connectivity index is 1.69. The first-order valence-electron chi connectivity index (χ1n) is 9.96. The van der Waals surface area contributed by atoms with E-state index < -0.39 is 17.6 Å². The van der Waals surface area contributed by atoms with E-state index in [4.69, 9.17) is 9.15 Å². The molecule has 0 radical (unpaired) electrons. The fourth-order valence-corrected chi connectivity index (χ4v) is 3.36. The second kappa shape index (κ2) is 10.5. The molecule has 2 heterocycles. The molecule has 1 N–H and O–H groups in total. The van der Waals surface area contributed by atoms with Crippen molar-refractivity contribution in [2.75, 3.05) is 13.7 Å². The predicted molar refractivity (Wildman–Crippen MR) is 115 cm³/mol. The third kappa shape index (κ3) is 5.64. The lowest BCUT2D eigenvalue weighted by Crippen LogP contribution is -2.35. The molecule has 0 aliphatic rings. The van der Waals surface area contributed by atoms with Gasteiger partial charge in [0, 0.05) is 19.7 Å². The van der Waals surface area contributed by atoms with E-state index in [0.717, 1.165) is 12.8 Å². The van der Waals surface area contributed by atoms with Crippen LogP contribution in [-0.2, 0) is 17.6 Å². The number of ether oxygens (including phenoxy) is 1. The molecule has 0 aliphatic carbocycles. The molecule has 1 unspecified atom stereocenters. The van der Waals surface area contributed by atoms with Crippen molar-refractivity contribution in [2.45, 2.75) is 32.2 Å². The molecular weight excluding hydrogens is 380 g/mol. The molecule has 0 bridgehead atoms. The van der Waals surface area contributed by atoms with Gasteiger partial charge in [-0.05, 0) is 49.1 Å². The number of nitrogens with zero attached hydrogens (tertiary/aromatic N) is 1. The molecule has 0 aliphatic heterocycles. The number of pyridine rings is 1. The van der Waals surface area contributed by atoms with Gasteiger partial charge >= 0.3 is 5.63 Å². The molecule has 1 amide bonds. The molecule has 0 saturated carbocycles. The van der Waals surface area contributed by atoms with Gasteiger partial charge < -0.3 is 14.5 Å². The average molecular weight is 406 g/mol. The molecule has 0 fully saturated rings. The summed E-state index contributed by atoms with van der Waals surface area (Å²) >= 11 is 0. The number of nitrogens with one attached hydrogen (secondary N) is 1. The number of carbonyl (C=O) groups excluding carboxylic acids is 1. The van der Waals surface area contributed by atoms with E-state index in [0.29, 0.717) is 23.4 Å². The molecule has 0 spiro atoms. The summed E-state index contributed by atoms with van der Waals surface area (Å²) in [5, 5.41) is 2.83. The van der Waals surface area contributed by atoms with Gasteiger partial charge in [0.1, 0.15) is 11.3 Å². The summed E-state index contributed by atoms with van der Waals surface area (Å²) in [6.07, 6.45) is 4.03. The largest absolute Gasteiger partial charge is 0.427 e. The smallest absolute Gasteiger partial charge is 0.349 e. The summed E-state index contributed by atoms with van der Waals surface area (Å²) in [6, 6.07) is 16.9. The van der Waals surface area contributed by atoms with E-state index >= 15 is 0 Å². The van der Waals surface area contributed by atoms with Crippen LogP contribution in [0.25, 0.3) is 0 Å². The zero-order chi connectivity index (χ0) is 21.3. The highest BCUT2D eigenvalue weighted by Crippen LogP contribution is 2.14. The van der Waals surface area contributed by atoms with Crippen molar-refractivity contribution in [1.82, 2.24) is 10.3 Å². The minimum absolute atomic E-state index is 0.0128. The van der Waals surface area contributed by atoms with Crippen LogP contribution in [0.4, 0.5) is 0 Å². The molecule has 1 atom stereocenters. The first kappa shape index (κ1) is 21.5. The van der Waals surface area contributed by atoms with Crippen LogP contribution in [0.15, 0.2) is 70.0 Å². The lowest BCUT2D eigenvalue weighted by Gasteiger charge is -2.17.